The van der Waals surface area contributed by atoms with Crippen molar-refractivity contribution >= 4 is 28.9 Å². The van der Waals surface area contributed by atoms with Crippen LogP contribution in [0.15, 0.2) is 48.5 Å². The van der Waals surface area contributed by atoms with E-state index in [4.69, 9.17) is 11.6 Å². The van der Waals surface area contributed by atoms with Gasteiger partial charge in [0, 0.05) is 55.5 Å². The van der Waals surface area contributed by atoms with E-state index in [0.29, 0.717) is 18.7 Å². The van der Waals surface area contributed by atoms with Crippen molar-refractivity contribution in [2.75, 3.05) is 42.9 Å². The molecule has 1 heterocycles. The first kappa shape index (κ1) is 17.7. The summed E-state index contributed by atoms with van der Waals surface area (Å²) in [4.78, 5) is 16.6. The average Bonchev–Trinajstić information content (AvgIpc) is 2.60. The second kappa shape index (κ2) is 8.32. The highest BCUT2D eigenvalue weighted by molar-refractivity contribution is 6.30. The third kappa shape index (κ3) is 5.18. The Bertz CT molecular complexity index is 732. The number of piperazine rings is 1. The van der Waals surface area contributed by atoms with Gasteiger partial charge in [0.1, 0.15) is 5.82 Å². The van der Waals surface area contributed by atoms with Gasteiger partial charge in [-0.25, -0.2) is 4.39 Å². The van der Waals surface area contributed by atoms with Crippen LogP contribution in [0.4, 0.5) is 15.8 Å². The molecule has 1 N–H and O–H groups in total. The lowest BCUT2D eigenvalue weighted by molar-refractivity contribution is -0.116. The van der Waals surface area contributed by atoms with Crippen LogP contribution < -0.4 is 10.2 Å². The highest BCUT2D eigenvalue weighted by atomic mass is 35.5. The van der Waals surface area contributed by atoms with Crippen LogP contribution in [0.1, 0.15) is 6.42 Å². The van der Waals surface area contributed by atoms with Crippen LogP contribution in [0.25, 0.3) is 0 Å². The smallest absolute Gasteiger partial charge is 0.225 e. The maximum absolute atomic E-state index is 13.1. The summed E-state index contributed by atoms with van der Waals surface area (Å²) in [5.41, 5.74) is 1.63. The Morgan fingerprint density at radius 3 is 2.56 bits per heavy atom. The average molecular weight is 362 g/mol. The van der Waals surface area contributed by atoms with Crippen molar-refractivity contribution in [3.63, 3.8) is 0 Å². The molecule has 3 rings (SSSR count). The van der Waals surface area contributed by atoms with Crippen molar-refractivity contribution < 1.29 is 9.18 Å². The minimum atomic E-state index is -0.352. The lowest BCUT2D eigenvalue weighted by atomic mass is 10.2. The summed E-state index contributed by atoms with van der Waals surface area (Å²) in [7, 11) is 0. The monoisotopic (exact) mass is 361 g/mol. The summed E-state index contributed by atoms with van der Waals surface area (Å²) in [5.74, 6) is -0.446. The summed E-state index contributed by atoms with van der Waals surface area (Å²) >= 11 is 6.05. The largest absolute Gasteiger partial charge is 0.369 e. The molecule has 1 aliphatic rings. The van der Waals surface area contributed by atoms with Crippen molar-refractivity contribution in [3.8, 4) is 0 Å². The molecule has 0 radical (unpaired) electrons. The molecule has 1 aliphatic heterocycles. The highest BCUT2D eigenvalue weighted by Gasteiger charge is 2.18. The molecule has 1 amide bonds. The molecule has 6 heteroatoms. The van der Waals surface area contributed by atoms with Crippen LogP contribution in [0.2, 0.25) is 5.02 Å². The molecule has 0 saturated carbocycles. The lowest BCUT2D eigenvalue weighted by Crippen LogP contribution is -2.47. The number of nitrogens with one attached hydrogen (secondary N) is 1. The van der Waals surface area contributed by atoms with Crippen molar-refractivity contribution in [3.05, 3.63) is 59.4 Å². The van der Waals surface area contributed by atoms with E-state index in [0.717, 1.165) is 36.9 Å². The number of hydrogen-bond donors (Lipinski definition) is 1. The highest BCUT2D eigenvalue weighted by Crippen LogP contribution is 2.20. The number of amides is 1. The summed E-state index contributed by atoms with van der Waals surface area (Å²) in [6.07, 6.45) is 0.397. The molecule has 4 nitrogen and oxygen atoms in total. The van der Waals surface area contributed by atoms with Gasteiger partial charge in [-0.3, -0.25) is 9.69 Å². The van der Waals surface area contributed by atoms with Crippen LogP contribution >= 0.6 is 11.6 Å². The van der Waals surface area contributed by atoms with E-state index in [1.807, 2.05) is 18.2 Å². The van der Waals surface area contributed by atoms with Gasteiger partial charge in [-0.15, -0.1) is 0 Å². The van der Waals surface area contributed by atoms with Gasteiger partial charge < -0.3 is 10.2 Å². The summed E-state index contributed by atoms with van der Waals surface area (Å²) in [6.45, 7) is 4.32. The second-order valence-electron chi connectivity index (χ2n) is 6.12. The fourth-order valence-corrected chi connectivity index (χ4v) is 3.14. The molecule has 0 atom stereocenters. The summed E-state index contributed by atoms with van der Waals surface area (Å²) in [6, 6.07) is 13.8. The second-order valence-corrected chi connectivity index (χ2v) is 6.55. The number of rotatable bonds is 5. The quantitative estimate of drug-likeness (QED) is 0.883. The van der Waals surface area contributed by atoms with E-state index in [1.54, 1.807) is 12.1 Å². The van der Waals surface area contributed by atoms with E-state index in [2.05, 4.69) is 21.2 Å². The van der Waals surface area contributed by atoms with E-state index >= 15 is 0 Å². The molecular weight excluding hydrogens is 341 g/mol. The molecule has 132 valence electrons. The van der Waals surface area contributed by atoms with Gasteiger partial charge >= 0.3 is 0 Å². The Kier molecular flexibility index (Phi) is 5.89. The normalized spacial score (nSPS) is 15.2. The van der Waals surface area contributed by atoms with Crippen LogP contribution in [-0.2, 0) is 4.79 Å². The molecular formula is C19H21ClFN3O. The molecule has 1 fully saturated rings. The molecule has 2 aromatic carbocycles. The molecule has 0 aliphatic carbocycles. The molecule has 25 heavy (non-hydrogen) atoms. The number of halogens is 2. The van der Waals surface area contributed by atoms with Crippen LogP contribution in [0.3, 0.4) is 0 Å². The van der Waals surface area contributed by atoms with Gasteiger partial charge in [0.05, 0.1) is 0 Å². The summed E-state index contributed by atoms with van der Waals surface area (Å²) < 4.78 is 13.1. The SMILES string of the molecule is O=C(CCN1CCN(c2cccc(Cl)c2)CC1)Nc1cccc(F)c1. The first-order valence-corrected chi connectivity index (χ1v) is 8.76. The third-order valence-electron chi connectivity index (χ3n) is 4.31. The molecule has 0 bridgehead atoms. The first-order chi connectivity index (χ1) is 12.1. The predicted octanol–water partition coefficient (Wildman–Crippen LogP) is 3.63. The Morgan fingerprint density at radius 1 is 1.08 bits per heavy atom. The number of benzene rings is 2. The van der Waals surface area contributed by atoms with Gasteiger partial charge in [0.25, 0.3) is 0 Å². The lowest BCUT2D eigenvalue weighted by Gasteiger charge is -2.36. The van der Waals surface area contributed by atoms with Gasteiger partial charge in [-0.1, -0.05) is 23.7 Å². The fourth-order valence-electron chi connectivity index (χ4n) is 2.95. The fraction of sp³-hybridized carbons (Fsp3) is 0.316. The van der Waals surface area contributed by atoms with Gasteiger partial charge in [-0.2, -0.15) is 0 Å². The van der Waals surface area contributed by atoms with E-state index in [1.165, 1.54) is 12.1 Å². The van der Waals surface area contributed by atoms with Crippen molar-refractivity contribution in [1.82, 2.24) is 4.90 Å². The topological polar surface area (TPSA) is 35.6 Å². The molecule has 0 unspecified atom stereocenters. The minimum Gasteiger partial charge on any atom is -0.369 e. The van der Waals surface area contributed by atoms with E-state index in [9.17, 15) is 9.18 Å². The Morgan fingerprint density at radius 2 is 1.84 bits per heavy atom. The molecule has 1 saturated heterocycles. The zero-order chi connectivity index (χ0) is 17.6. The van der Waals surface area contributed by atoms with Crippen molar-refractivity contribution in [2.45, 2.75) is 6.42 Å². The van der Waals surface area contributed by atoms with Crippen molar-refractivity contribution in [2.24, 2.45) is 0 Å². The minimum absolute atomic E-state index is 0.0946. The van der Waals surface area contributed by atoms with Gasteiger partial charge in [0.15, 0.2) is 0 Å². The third-order valence-corrected chi connectivity index (χ3v) is 4.54. The van der Waals surface area contributed by atoms with Gasteiger partial charge in [0.2, 0.25) is 5.91 Å². The number of hydrogen-bond acceptors (Lipinski definition) is 3. The standard InChI is InChI=1S/C19H21ClFN3O/c20-15-3-1-6-18(13-15)24-11-9-23(10-12-24)8-7-19(25)22-17-5-2-4-16(21)14-17/h1-6,13-14H,7-12H2,(H,22,25). The van der Waals surface area contributed by atoms with E-state index in [-0.39, 0.29) is 11.7 Å². The Balaban J connectivity index is 1.42. The number of carbonyl (C=O) groups excluding carboxylic acids is 1. The maximum Gasteiger partial charge on any atom is 0.225 e. The Hall–Kier alpha value is -2.11. The molecule has 2 aromatic rings. The number of anilines is 2. The Labute approximate surface area is 152 Å². The maximum atomic E-state index is 13.1. The van der Waals surface area contributed by atoms with E-state index < -0.39 is 0 Å². The zero-order valence-electron chi connectivity index (χ0n) is 13.9. The zero-order valence-corrected chi connectivity index (χ0v) is 14.7. The van der Waals surface area contributed by atoms with Crippen LogP contribution in [-0.4, -0.2) is 43.5 Å². The predicted molar refractivity (Wildman–Crippen MR) is 99.8 cm³/mol. The van der Waals surface area contributed by atoms with Crippen LogP contribution in [0.5, 0.6) is 0 Å². The number of carbonyl (C=O) groups is 1. The summed E-state index contributed by atoms with van der Waals surface area (Å²) in [5, 5.41) is 3.48. The number of nitrogens with zero attached hydrogens (tertiary/aromatic N) is 2. The molecule has 0 spiro atoms. The van der Waals surface area contributed by atoms with Gasteiger partial charge in [-0.05, 0) is 36.4 Å². The van der Waals surface area contributed by atoms with Crippen molar-refractivity contribution in [1.29, 1.82) is 0 Å². The van der Waals surface area contributed by atoms with Crippen LogP contribution in [0, 0.1) is 5.82 Å². The first-order valence-electron chi connectivity index (χ1n) is 8.38. The molecule has 0 aromatic heterocycles.